The van der Waals surface area contributed by atoms with E-state index < -0.39 is 31.3 Å². The van der Waals surface area contributed by atoms with E-state index in [1.54, 1.807) is 6.20 Å². The monoisotopic (exact) mass is 561 g/mol. The second-order valence-electron chi connectivity index (χ2n) is 7.44. The van der Waals surface area contributed by atoms with Crippen molar-refractivity contribution in [3.63, 3.8) is 0 Å². The molecule has 1 aromatic carbocycles. The van der Waals surface area contributed by atoms with Gasteiger partial charge in [-0.2, -0.15) is 4.98 Å². The summed E-state index contributed by atoms with van der Waals surface area (Å²) in [5.41, 5.74) is 1.51. The zero-order valence-electron chi connectivity index (χ0n) is 17.0. The number of hydrogen-bond donors (Lipinski definition) is 2. The van der Waals surface area contributed by atoms with Crippen LogP contribution in [0.3, 0.4) is 0 Å². The average molecular weight is 562 g/mol. The molecule has 0 bridgehead atoms. The largest absolute Gasteiger partial charge is 1.00 e. The zero-order valence-corrected chi connectivity index (χ0v) is 22.3. The number of nitrogens with zero attached hydrogens (tertiary/aromatic N) is 4. The van der Waals surface area contributed by atoms with Gasteiger partial charge in [-0.3, -0.25) is 13.9 Å². The van der Waals surface area contributed by atoms with E-state index in [0.717, 1.165) is 5.56 Å². The molecular weight excluding hydrogens is 548 g/mol. The molecule has 5 atom stereocenters. The maximum absolute atomic E-state index is 13.1. The molecule has 6 rings (SSSR count). The van der Waals surface area contributed by atoms with Crippen LogP contribution in [-0.2, 0) is 30.6 Å². The number of aromatic nitrogens is 5. The van der Waals surface area contributed by atoms with Gasteiger partial charge in [0.1, 0.15) is 18.3 Å². The van der Waals surface area contributed by atoms with E-state index in [2.05, 4.69) is 30.9 Å². The number of imidazole rings is 2. The number of fused-ring (bicyclic) bond motifs is 3. The summed E-state index contributed by atoms with van der Waals surface area (Å²) in [4.78, 5) is 25.1. The minimum Gasteiger partial charge on any atom is -0.660 e. The molecule has 4 aromatic rings. The summed E-state index contributed by atoms with van der Waals surface area (Å²) in [7, 11) is 0. The molecule has 11 nitrogen and oxygen atoms in total. The summed E-state index contributed by atoms with van der Waals surface area (Å²) in [5.74, 6) is 0.301. The van der Waals surface area contributed by atoms with Gasteiger partial charge in [0.2, 0.25) is 5.78 Å². The molecule has 0 aliphatic carbocycles. The number of benzene rings is 1. The first-order valence-corrected chi connectivity index (χ1v) is 12.9. The minimum atomic E-state index is -3.69. The van der Waals surface area contributed by atoms with Gasteiger partial charge in [-0.15, -0.1) is 0 Å². The molecule has 3 aromatic heterocycles. The summed E-state index contributed by atoms with van der Waals surface area (Å²) < 4.78 is 31.3. The van der Waals surface area contributed by atoms with Crippen LogP contribution in [0, 0.1) is 0 Å². The Hall–Kier alpha value is -0.990. The van der Waals surface area contributed by atoms with E-state index in [-0.39, 0.29) is 57.6 Å². The zero-order chi connectivity index (χ0) is 22.2. The standard InChI is InChI=1S/C18H15BrN5O6PS.Na/c19-17-21-11-14(24(17)16-12(25)13-10(29-16)7-28-31(27,32)30-13)22-18-20-9(6-23(18)15(11)26)8-4-2-1-3-5-8;/h1-6,10,12-13,16,25H,7H2,(H,20,22)(H,27,32);/q;+1/p-1/t10?,12-,13?,16+,31?;/m0./s1. The quantitative estimate of drug-likeness (QED) is 0.139. The van der Waals surface area contributed by atoms with Crippen LogP contribution in [0.25, 0.3) is 28.2 Å². The molecule has 2 N–H and O–H groups in total. The van der Waals surface area contributed by atoms with Gasteiger partial charge in [-0.1, -0.05) is 30.3 Å². The van der Waals surface area contributed by atoms with Crippen LogP contribution in [0.15, 0.2) is 46.1 Å². The second kappa shape index (κ2) is 8.59. The smallest absolute Gasteiger partial charge is 0.660 e. The summed E-state index contributed by atoms with van der Waals surface area (Å²) in [6.07, 6.45) is -2.23. The molecule has 0 saturated carbocycles. The van der Waals surface area contributed by atoms with Crippen molar-refractivity contribution in [2.24, 2.45) is 0 Å². The first kappa shape index (κ1) is 23.7. The summed E-state index contributed by atoms with van der Waals surface area (Å²) >= 11 is 8.11. The maximum atomic E-state index is 13.1. The van der Waals surface area contributed by atoms with Crippen molar-refractivity contribution in [2.75, 3.05) is 6.61 Å². The van der Waals surface area contributed by atoms with Crippen LogP contribution in [0.4, 0.5) is 0 Å². The van der Waals surface area contributed by atoms with Crippen LogP contribution >= 0.6 is 22.7 Å². The SMILES string of the molecule is O=c1c2nc(Br)n([C@@H]3OC4COP(=O)([S-])OC4[C@@H]3O)c2nc2[nH]c(-c3ccccc3)cn12.[Na+]. The molecule has 15 heteroatoms. The molecule has 5 heterocycles. The van der Waals surface area contributed by atoms with Crippen molar-refractivity contribution >= 4 is 51.9 Å². The number of halogens is 1. The van der Waals surface area contributed by atoms with Crippen molar-refractivity contribution in [1.29, 1.82) is 0 Å². The number of ether oxygens (including phenoxy) is 1. The number of H-pyrrole nitrogens is 1. The van der Waals surface area contributed by atoms with E-state index in [1.807, 2.05) is 30.3 Å². The number of aliphatic hydroxyl groups is 1. The van der Waals surface area contributed by atoms with E-state index in [4.69, 9.17) is 26.0 Å². The van der Waals surface area contributed by atoms with E-state index in [9.17, 15) is 14.5 Å². The van der Waals surface area contributed by atoms with Crippen LogP contribution in [-0.4, -0.2) is 53.9 Å². The molecule has 0 spiro atoms. The van der Waals surface area contributed by atoms with Crippen LogP contribution in [0.2, 0.25) is 0 Å². The van der Waals surface area contributed by atoms with Gasteiger partial charge >= 0.3 is 29.6 Å². The Balaban J connectivity index is 0.00000228. The van der Waals surface area contributed by atoms with Gasteiger partial charge < -0.3 is 36.1 Å². The van der Waals surface area contributed by atoms with Crippen molar-refractivity contribution in [1.82, 2.24) is 23.9 Å². The van der Waals surface area contributed by atoms with Gasteiger partial charge in [-0.05, 0) is 21.5 Å². The normalized spacial score (nSPS) is 29.3. The van der Waals surface area contributed by atoms with Crippen molar-refractivity contribution in [2.45, 2.75) is 24.5 Å². The third-order valence-electron chi connectivity index (χ3n) is 5.51. The Labute approximate surface area is 221 Å². The molecule has 0 radical (unpaired) electrons. The molecule has 166 valence electrons. The third-order valence-corrected chi connectivity index (χ3v) is 7.61. The number of nitrogens with one attached hydrogen (secondary N) is 1. The molecule has 33 heavy (non-hydrogen) atoms. The Kier molecular flexibility index (Phi) is 6.18. The molecular formula is C18H14BrN5NaO6PS. The summed E-state index contributed by atoms with van der Waals surface area (Å²) in [6, 6.07) is 9.51. The summed E-state index contributed by atoms with van der Waals surface area (Å²) in [6.45, 7) is -3.77. The van der Waals surface area contributed by atoms with Crippen molar-refractivity contribution in [3.8, 4) is 11.3 Å². The van der Waals surface area contributed by atoms with Gasteiger partial charge in [0.05, 0.1) is 12.3 Å². The number of aliphatic hydroxyl groups excluding tert-OH is 1. The Morgan fingerprint density at radius 1 is 1.27 bits per heavy atom. The second-order valence-corrected chi connectivity index (χ2v) is 10.9. The van der Waals surface area contributed by atoms with E-state index >= 15 is 0 Å². The van der Waals surface area contributed by atoms with Crippen molar-refractivity contribution in [3.05, 3.63) is 51.6 Å². The Morgan fingerprint density at radius 2 is 2.03 bits per heavy atom. The molecule has 2 aliphatic rings. The van der Waals surface area contributed by atoms with E-state index in [1.165, 1.54) is 8.97 Å². The minimum absolute atomic E-state index is 0. The van der Waals surface area contributed by atoms with Crippen LogP contribution in [0.1, 0.15) is 6.23 Å². The number of aromatic amines is 1. The average Bonchev–Trinajstić information content (AvgIpc) is 3.43. The maximum Gasteiger partial charge on any atom is 1.00 e. The Morgan fingerprint density at radius 3 is 2.79 bits per heavy atom. The van der Waals surface area contributed by atoms with Crippen LogP contribution < -0.4 is 35.1 Å². The molecule has 2 saturated heterocycles. The molecule has 2 aliphatic heterocycles. The molecule has 0 amide bonds. The molecule has 3 unspecified atom stereocenters. The van der Waals surface area contributed by atoms with Gasteiger partial charge in [0.15, 0.2) is 28.9 Å². The van der Waals surface area contributed by atoms with Gasteiger partial charge in [0.25, 0.3) is 5.56 Å². The summed E-state index contributed by atoms with van der Waals surface area (Å²) in [5, 5.41) is 10.8. The molecule has 2 fully saturated rings. The van der Waals surface area contributed by atoms with Gasteiger partial charge in [-0.25, -0.2) is 9.38 Å². The number of hydrogen-bond acceptors (Lipinski definition) is 9. The topological polar surface area (TPSA) is 133 Å². The number of rotatable bonds is 2. The first-order chi connectivity index (χ1) is 15.3. The van der Waals surface area contributed by atoms with Crippen LogP contribution in [0.5, 0.6) is 0 Å². The van der Waals surface area contributed by atoms with Gasteiger partial charge in [0, 0.05) is 6.20 Å². The fourth-order valence-electron chi connectivity index (χ4n) is 4.03. The first-order valence-electron chi connectivity index (χ1n) is 9.54. The van der Waals surface area contributed by atoms with E-state index in [0.29, 0.717) is 11.5 Å². The third kappa shape index (κ3) is 3.88. The fourth-order valence-corrected chi connectivity index (χ4v) is 6.01. The fraction of sp³-hybridized carbons (Fsp3) is 0.278. The van der Waals surface area contributed by atoms with Crippen molar-refractivity contribution < 1.29 is 53.0 Å². The predicted octanol–water partition coefficient (Wildman–Crippen LogP) is -0.865. The predicted molar refractivity (Wildman–Crippen MR) is 118 cm³/mol. The Bertz CT molecular complexity index is 1480.